The highest BCUT2D eigenvalue weighted by Gasteiger charge is 2.14. The number of carbonyl (C=O) groups excluding carboxylic acids is 2. The van der Waals surface area contributed by atoms with Crippen molar-refractivity contribution in [3.05, 3.63) is 46.1 Å². The Hall–Kier alpha value is -2.41. The Morgan fingerprint density at radius 2 is 2.20 bits per heavy atom. The molecule has 20 heavy (non-hydrogen) atoms. The first-order valence-electron chi connectivity index (χ1n) is 5.50. The number of nitrogens with zero attached hydrogens (tertiary/aromatic N) is 2. The fraction of sp³-hybridized carbons (Fsp3) is 0.167. The lowest BCUT2D eigenvalue weighted by atomic mass is 10.1. The molecule has 104 valence electrons. The van der Waals surface area contributed by atoms with Crippen LogP contribution in [0.25, 0.3) is 0 Å². The fourth-order valence-corrected chi connectivity index (χ4v) is 1.74. The Morgan fingerprint density at radius 3 is 2.80 bits per heavy atom. The summed E-state index contributed by atoms with van der Waals surface area (Å²) >= 11 is 6.03. The summed E-state index contributed by atoms with van der Waals surface area (Å²) in [7, 11) is 1.29. The third kappa shape index (κ3) is 2.94. The van der Waals surface area contributed by atoms with Crippen LogP contribution in [-0.4, -0.2) is 29.1 Å². The number of halogens is 1. The summed E-state index contributed by atoms with van der Waals surface area (Å²) in [4.78, 5) is 26.1. The Morgan fingerprint density at radius 1 is 1.45 bits per heavy atom. The molecule has 0 aliphatic carbocycles. The van der Waals surface area contributed by atoms with Crippen molar-refractivity contribution in [1.29, 1.82) is 0 Å². The van der Waals surface area contributed by atoms with E-state index in [4.69, 9.17) is 17.3 Å². The van der Waals surface area contributed by atoms with E-state index < -0.39 is 11.9 Å². The van der Waals surface area contributed by atoms with Gasteiger partial charge in [0.05, 0.1) is 12.7 Å². The van der Waals surface area contributed by atoms with E-state index in [1.54, 1.807) is 18.2 Å². The van der Waals surface area contributed by atoms with Gasteiger partial charge in [-0.3, -0.25) is 4.79 Å². The van der Waals surface area contributed by atoms with Crippen LogP contribution in [0.5, 0.6) is 0 Å². The van der Waals surface area contributed by atoms with Gasteiger partial charge < -0.3 is 15.0 Å². The van der Waals surface area contributed by atoms with Crippen molar-refractivity contribution in [2.75, 3.05) is 7.11 Å². The number of ether oxygens (including phenoxy) is 1. The van der Waals surface area contributed by atoms with Crippen molar-refractivity contribution in [2.45, 2.75) is 6.42 Å². The Labute approximate surface area is 118 Å². The molecule has 1 amide bonds. The molecule has 7 nitrogen and oxygen atoms in total. The largest absolute Gasteiger partial charge is 0.465 e. The van der Waals surface area contributed by atoms with Crippen LogP contribution in [0.1, 0.15) is 32.4 Å². The zero-order valence-electron chi connectivity index (χ0n) is 10.4. The highest BCUT2D eigenvalue weighted by Crippen LogP contribution is 2.20. The molecule has 0 aliphatic heterocycles. The molecule has 1 aromatic carbocycles. The molecule has 0 atom stereocenters. The summed E-state index contributed by atoms with van der Waals surface area (Å²) in [6.45, 7) is 0. The van der Waals surface area contributed by atoms with Crippen LogP contribution in [-0.2, 0) is 11.2 Å². The van der Waals surface area contributed by atoms with Crippen LogP contribution in [0.15, 0.2) is 22.7 Å². The molecule has 0 spiro atoms. The van der Waals surface area contributed by atoms with Gasteiger partial charge >= 0.3 is 17.8 Å². The van der Waals surface area contributed by atoms with Crippen molar-refractivity contribution in [2.24, 2.45) is 5.73 Å². The summed E-state index contributed by atoms with van der Waals surface area (Å²) in [5.74, 6) is -1.32. The average Bonchev–Trinajstić information content (AvgIpc) is 2.89. The lowest BCUT2D eigenvalue weighted by molar-refractivity contribution is 0.0600. The number of hydrogen-bond donors (Lipinski definition) is 1. The van der Waals surface area contributed by atoms with Crippen molar-refractivity contribution in [1.82, 2.24) is 10.1 Å². The lowest BCUT2D eigenvalue weighted by Crippen LogP contribution is -2.11. The number of primary amides is 1. The molecule has 2 N–H and O–H groups in total. The van der Waals surface area contributed by atoms with Gasteiger partial charge in [-0.05, 0) is 23.8 Å². The molecule has 2 rings (SSSR count). The van der Waals surface area contributed by atoms with Crippen molar-refractivity contribution < 1.29 is 18.8 Å². The Balaban J connectivity index is 2.27. The van der Waals surface area contributed by atoms with Gasteiger partial charge in [0, 0.05) is 11.4 Å². The number of aromatic nitrogens is 2. The second kappa shape index (κ2) is 5.70. The summed E-state index contributed by atoms with van der Waals surface area (Å²) in [5, 5.41) is 4.04. The Bertz CT molecular complexity index is 668. The highest BCUT2D eigenvalue weighted by molar-refractivity contribution is 6.31. The van der Waals surface area contributed by atoms with E-state index >= 15 is 0 Å². The summed E-state index contributed by atoms with van der Waals surface area (Å²) in [5.41, 5.74) is 5.97. The van der Waals surface area contributed by atoms with E-state index in [2.05, 4.69) is 19.4 Å². The predicted molar refractivity (Wildman–Crippen MR) is 68.4 cm³/mol. The van der Waals surface area contributed by atoms with E-state index in [1.807, 2.05) is 0 Å². The number of carbonyl (C=O) groups is 2. The summed E-state index contributed by atoms with van der Waals surface area (Å²) < 4.78 is 9.29. The Kier molecular flexibility index (Phi) is 3.99. The van der Waals surface area contributed by atoms with Crippen LogP contribution < -0.4 is 5.73 Å². The quantitative estimate of drug-likeness (QED) is 0.849. The third-order valence-electron chi connectivity index (χ3n) is 2.49. The van der Waals surface area contributed by atoms with E-state index in [9.17, 15) is 9.59 Å². The topological polar surface area (TPSA) is 108 Å². The van der Waals surface area contributed by atoms with E-state index in [1.165, 1.54) is 7.11 Å². The molecule has 0 aliphatic rings. The minimum absolute atomic E-state index is 0.195. The zero-order valence-corrected chi connectivity index (χ0v) is 11.2. The molecule has 0 saturated carbocycles. The molecule has 0 fully saturated rings. The highest BCUT2D eigenvalue weighted by atomic mass is 35.5. The second-order valence-electron chi connectivity index (χ2n) is 3.85. The maximum atomic E-state index is 11.4. The molecule has 0 radical (unpaired) electrons. The lowest BCUT2D eigenvalue weighted by Gasteiger charge is -2.04. The van der Waals surface area contributed by atoms with Crippen LogP contribution in [0.2, 0.25) is 5.02 Å². The van der Waals surface area contributed by atoms with Gasteiger partial charge in [0.25, 0.3) is 0 Å². The van der Waals surface area contributed by atoms with Gasteiger partial charge in [-0.2, -0.15) is 4.98 Å². The molecular formula is C12H10ClN3O4. The van der Waals surface area contributed by atoms with Gasteiger partial charge in [0.15, 0.2) is 5.82 Å². The first-order chi connectivity index (χ1) is 9.51. The van der Waals surface area contributed by atoms with Gasteiger partial charge in [-0.15, -0.1) is 0 Å². The smallest absolute Gasteiger partial charge is 0.337 e. The number of nitrogens with two attached hydrogens (primary N) is 1. The number of esters is 1. The normalized spacial score (nSPS) is 10.3. The number of methoxy groups -OCH3 is 1. The number of benzene rings is 1. The molecule has 8 heteroatoms. The molecule has 0 bridgehead atoms. The molecule has 1 heterocycles. The maximum absolute atomic E-state index is 11.4. The van der Waals surface area contributed by atoms with Gasteiger partial charge in [-0.25, -0.2) is 4.79 Å². The fourth-order valence-electron chi connectivity index (χ4n) is 1.55. The number of hydrogen-bond acceptors (Lipinski definition) is 6. The summed E-state index contributed by atoms with van der Waals surface area (Å²) in [6, 6.07) is 4.68. The zero-order chi connectivity index (χ0) is 14.7. The van der Waals surface area contributed by atoms with Gasteiger partial charge in [0.1, 0.15) is 0 Å². The van der Waals surface area contributed by atoms with Crippen LogP contribution in [0.4, 0.5) is 0 Å². The second-order valence-corrected chi connectivity index (χ2v) is 4.26. The number of rotatable bonds is 4. The van der Waals surface area contributed by atoms with Crippen LogP contribution in [0.3, 0.4) is 0 Å². The van der Waals surface area contributed by atoms with E-state index in [0.29, 0.717) is 16.1 Å². The summed E-state index contributed by atoms with van der Waals surface area (Å²) in [6.07, 6.45) is 0.195. The van der Waals surface area contributed by atoms with Gasteiger partial charge in [-0.1, -0.05) is 16.8 Å². The van der Waals surface area contributed by atoms with E-state index in [0.717, 1.165) is 0 Å². The molecule has 1 aromatic heterocycles. The first kappa shape index (κ1) is 14.0. The van der Waals surface area contributed by atoms with Crippen LogP contribution >= 0.6 is 11.6 Å². The number of amides is 1. The van der Waals surface area contributed by atoms with Crippen LogP contribution in [0, 0.1) is 0 Å². The maximum Gasteiger partial charge on any atom is 0.337 e. The average molecular weight is 296 g/mol. The predicted octanol–water partition coefficient (Wildman–Crippen LogP) is 1.20. The minimum atomic E-state index is -0.807. The molecule has 2 aromatic rings. The van der Waals surface area contributed by atoms with Gasteiger partial charge in [0.2, 0.25) is 0 Å². The molecule has 0 saturated heterocycles. The third-order valence-corrected chi connectivity index (χ3v) is 2.86. The monoisotopic (exact) mass is 295 g/mol. The van der Waals surface area contributed by atoms with Crippen molar-refractivity contribution >= 4 is 23.5 Å². The SMILES string of the molecule is COC(=O)c1ccc(Cl)c(Cc2noc(C(N)=O)n2)c1. The standard InChI is InChI=1S/C12H10ClN3O4/c1-19-12(18)6-2-3-8(13)7(4-6)5-9-15-11(10(14)17)20-16-9/h2-4H,5H2,1H3,(H2,14,17). The van der Waals surface area contributed by atoms with E-state index in [-0.39, 0.29) is 18.1 Å². The van der Waals surface area contributed by atoms with Crippen molar-refractivity contribution in [3.63, 3.8) is 0 Å². The van der Waals surface area contributed by atoms with Crippen molar-refractivity contribution in [3.8, 4) is 0 Å². The minimum Gasteiger partial charge on any atom is -0.465 e. The first-order valence-corrected chi connectivity index (χ1v) is 5.88. The molecule has 0 unspecified atom stereocenters. The molecular weight excluding hydrogens is 286 g/mol.